The second-order valence-electron chi connectivity index (χ2n) is 6.63. The number of hydrogen-bond acceptors (Lipinski definition) is 5. The van der Waals surface area contributed by atoms with Crippen LogP contribution < -0.4 is 16.1 Å². The molecule has 1 saturated heterocycles. The van der Waals surface area contributed by atoms with Crippen LogP contribution in [0.25, 0.3) is 0 Å². The Morgan fingerprint density at radius 3 is 2.59 bits per heavy atom. The van der Waals surface area contributed by atoms with Crippen LogP contribution in [-0.4, -0.2) is 42.4 Å². The van der Waals surface area contributed by atoms with Crippen molar-refractivity contribution in [1.29, 1.82) is 5.26 Å². The normalized spacial score (nSPS) is 14.7. The van der Waals surface area contributed by atoms with Gasteiger partial charge in [-0.2, -0.15) is 10.4 Å². The topological polar surface area (TPSA) is 80.7 Å². The van der Waals surface area contributed by atoms with Crippen molar-refractivity contribution in [1.82, 2.24) is 10.3 Å². The zero-order valence-corrected chi connectivity index (χ0v) is 17.9. The minimum Gasteiger partial charge on any atom is -0.375 e. The first kappa shape index (κ1) is 21.3. The van der Waals surface area contributed by atoms with Gasteiger partial charge in [0.15, 0.2) is 5.11 Å². The van der Waals surface area contributed by atoms with Crippen LogP contribution in [0.2, 0.25) is 10.0 Å². The van der Waals surface area contributed by atoms with Gasteiger partial charge in [-0.1, -0.05) is 35.3 Å². The number of piperazine rings is 1. The quantitative estimate of drug-likeness (QED) is 0.416. The van der Waals surface area contributed by atoms with E-state index in [0.29, 0.717) is 15.6 Å². The molecule has 0 amide bonds. The molecule has 1 aliphatic rings. The van der Waals surface area contributed by atoms with Crippen molar-refractivity contribution in [3.8, 4) is 6.07 Å². The third-order valence-corrected chi connectivity index (χ3v) is 5.46. The monoisotopic (exact) mass is 446 g/mol. The Bertz CT molecular complexity index is 964. The average molecular weight is 447 g/mol. The lowest BCUT2D eigenvalue weighted by Gasteiger charge is -2.36. The number of rotatable bonds is 5. The summed E-state index contributed by atoms with van der Waals surface area (Å²) in [5.41, 5.74) is 11.3. The van der Waals surface area contributed by atoms with Gasteiger partial charge in [0, 0.05) is 32.7 Å². The predicted molar refractivity (Wildman–Crippen MR) is 123 cm³/mol. The Balaban J connectivity index is 1.62. The van der Waals surface area contributed by atoms with E-state index in [2.05, 4.69) is 26.4 Å². The zero-order chi connectivity index (χ0) is 20.8. The van der Waals surface area contributed by atoms with Gasteiger partial charge in [-0.3, -0.25) is 10.3 Å². The molecule has 0 bridgehead atoms. The highest BCUT2D eigenvalue weighted by atomic mass is 35.5. The van der Waals surface area contributed by atoms with Gasteiger partial charge in [-0.15, -0.1) is 0 Å². The van der Waals surface area contributed by atoms with Crippen LogP contribution in [0.5, 0.6) is 0 Å². The Kier molecular flexibility index (Phi) is 7.29. The second-order valence-corrected chi connectivity index (χ2v) is 7.89. The highest BCUT2D eigenvalue weighted by Gasteiger charge is 2.19. The van der Waals surface area contributed by atoms with Crippen LogP contribution >= 0.6 is 35.4 Å². The second kappa shape index (κ2) is 9.90. The summed E-state index contributed by atoms with van der Waals surface area (Å²) in [6.45, 7) is 4.29. The maximum Gasteiger partial charge on any atom is 0.184 e. The number of halogens is 2. The van der Waals surface area contributed by atoms with Gasteiger partial charge < -0.3 is 10.6 Å². The van der Waals surface area contributed by atoms with Crippen LogP contribution in [0.15, 0.2) is 41.5 Å². The fourth-order valence-electron chi connectivity index (χ4n) is 3.21. The molecule has 150 valence electrons. The smallest absolute Gasteiger partial charge is 0.184 e. The molecular weight excluding hydrogens is 427 g/mol. The molecule has 0 atom stereocenters. The van der Waals surface area contributed by atoms with Gasteiger partial charge in [0.25, 0.3) is 0 Å². The summed E-state index contributed by atoms with van der Waals surface area (Å²) in [5.74, 6) is 0. The number of hydrazone groups is 1. The molecule has 0 aromatic heterocycles. The van der Waals surface area contributed by atoms with E-state index in [-0.39, 0.29) is 5.11 Å². The molecule has 29 heavy (non-hydrogen) atoms. The molecule has 0 aliphatic carbocycles. The van der Waals surface area contributed by atoms with Crippen LogP contribution in [-0.2, 0) is 6.54 Å². The summed E-state index contributed by atoms with van der Waals surface area (Å²) in [6.07, 6.45) is 1.58. The van der Waals surface area contributed by atoms with Gasteiger partial charge in [-0.05, 0) is 47.6 Å². The van der Waals surface area contributed by atoms with E-state index in [1.165, 1.54) is 0 Å². The third kappa shape index (κ3) is 5.81. The molecule has 6 nitrogen and oxygen atoms in total. The fraction of sp³-hybridized carbons (Fsp3) is 0.250. The summed E-state index contributed by atoms with van der Waals surface area (Å²) in [4.78, 5) is 4.60. The summed E-state index contributed by atoms with van der Waals surface area (Å²) < 4.78 is 0. The number of thiocarbonyl (C=S) groups is 1. The van der Waals surface area contributed by atoms with E-state index in [4.69, 9.17) is 41.2 Å². The Labute approximate surface area is 185 Å². The average Bonchev–Trinajstić information content (AvgIpc) is 2.71. The van der Waals surface area contributed by atoms with Crippen LogP contribution in [0.3, 0.4) is 0 Å². The molecular formula is C20H20Cl2N6S. The SMILES string of the molecule is N#Cc1cc(/C=N/NC(N)=S)ccc1N1CCN(Cc2ccc(Cl)c(Cl)c2)CC1. The van der Waals surface area contributed by atoms with Crippen molar-refractivity contribution in [2.45, 2.75) is 6.54 Å². The van der Waals surface area contributed by atoms with E-state index < -0.39 is 0 Å². The van der Waals surface area contributed by atoms with Crippen molar-refractivity contribution < 1.29 is 0 Å². The Hall–Kier alpha value is -2.37. The third-order valence-electron chi connectivity index (χ3n) is 4.63. The molecule has 0 unspecified atom stereocenters. The summed E-state index contributed by atoms with van der Waals surface area (Å²) >= 11 is 16.8. The Morgan fingerprint density at radius 2 is 1.93 bits per heavy atom. The first-order chi connectivity index (χ1) is 14.0. The maximum atomic E-state index is 9.57. The minimum atomic E-state index is 0.0946. The molecule has 3 N–H and O–H groups in total. The first-order valence-electron chi connectivity index (χ1n) is 9.00. The number of nitrogens with two attached hydrogens (primary N) is 1. The molecule has 0 spiro atoms. The molecule has 1 heterocycles. The van der Waals surface area contributed by atoms with Gasteiger partial charge in [0.2, 0.25) is 0 Å². The van der Waals surface area contributed by atoms with E-state index in [0.717, 1.165) is 49.5 Å². The lowest BCUT2D eigenvalue weighted by Crippen LogP contribution is -2.46. The van der Waals surface area contributed by atoms with Crippen molar-refractivity contribution in [2.24, 2.45) is 10.8 Å². The van der Waals surface area contributed by atoms with Crippen molar-refractivity contribution in [3.05, 3.63) is 63.1 Å². The molecule has 1 aliphatic heterocycles. The number of anilines is 1. The molecule has 0 saturated carbocycles. The van der Waals surface area contributed by atoms with E-state index in [9.17, 15) is 5.26 Å². The highest BCUT2D eigenvalue weighted by molar-refractivity contribution is 7.80. The van der Waals surface area contributed by atoms with Crippen LogP contribution in [0.4, 0.5) is 5.69 Å². The largest absolute Gasteiger partial charge is 0.375 e. The van der Waals surface area contributed by atoms with Crippen molar-refractivity contribution in [2.75, 3.05) is 31.1 Å². The number of nitrogens with zero attached hydrogens (tertiary/aromatic N) is 4. The van der Waals surface area contributed by atoms with Crippen LogP contribution in [0, 0.1) is 11.3 Å². The summed E-state index contributed by atoms with van der Waals surface area (Å²) in [5, 5.41) is 14.7. The van der Waals surface area contributed by atoms with Crippen LogP contribution in [0.1, 0.15) is 16.7 Å². The van der Waals surface area contributed by atoms with Gasteiger partial charge in [0.1, 0.15) is 6.07 Å². The number of nitriles is 1. The first-order valence-corrected chi connectivity index (χ1v) is 10.2. The molecule has 3 rings (SSSR count). The number of benzene rings is 2. The molecule has 9 heteroatoms. The van der Waals surface area contributed by atoms with Gasteiger partial charge in [0.05, 0.1) is 27.5 Å². The number of hydrogen-bond donors (Lipinski definition) is 2. The maximum absolute atomic E-state index is 9.57. The minimum absolute atomic E-state index is 0.0946. The van der Waals surface area contributed by atoms with Crippen molar-refractivity contribution >= 4 is 52.4 Å². The molecule has 2 aromatic carbocycles. The predicted octanol–water partition coefficient (Wildman–Crippen LogP) is 3.35. The Morgan fingerprint density at radius 1 is 1.17 bits per heavy atom. The van der Waals surface area contributed by atoms with Gasteiger partial charge in [-0.25, -0.2) is 0 Å². The van der Waals surface area contributed by atoms with E-state index >= 15 is 0 Å². The molecule has 2 aromatic rings. The number of nitrogens with one attached hydrogen (secondary N) is 1. The van der Waals surface area contributed by atoms with Gasteiger partial charge >= 0.3 is 0 Å². The molecule has 0 radical (unpaired) electrons. The lowest BCUT2D eigenvalue weighted by atomic mass is 10.1. The molecule has 1 fully saturated rings. The van der Waals surface area contributed by atoms with E-state index in [1.807, 2.05) is 36.4 Å². The fourth-order valence-corrected chi connectivity index (χ4v) is 3.59. The lowest BCUT2D eigenvalue weighted by molar-refractivity contribution is 0.250. The zero-order valence-electron chi connectivity index (χ0n) is 15.6. The van der Waals surface area contributed by atoms with E-state index in [1.54, 1.807) is 6.21 Å². The standard InChI is InChI=1S/C20H20Cl2N6S/c21-17-3-1-15(10-18(17)22)13-27-5-7-28(8-6-27)19-4-2-14(9-16(19)11-23)12-25-26-20(24)29/h1-4,9-10,12H,5-8,13H2,(H3,24,26,29)/b25-12+. The highest BCUT2D eigenvalue weighted by Crippen LogP contribution is 2.25. The summed E-state index contributed by atoms with van der Waals surface area (Å²) in [6, 6.07) is 13.7. The summed E-state index contributed by atoms with van der Waals surface area (Å²) in [7, 11) is 0. The van der Waals surface area contributed by atoms with Crippen molar-refractivity contribution in [3.63, 3.8) is 0 Å².